The molecular weight excluding hydrogens is 384 g/mol. The van der Waals surface area contributed by atoms with Crippen LogP contribution in [0, 0.1) is 0 Å². The number of hydrogen-bond donors (Lipinski definition) is 5. The number of carbonyl (C=O) groups is 1. The summed E-state index contributed by atoms with van der Waals surface area (Å²) >= 11 is 0. The van der Waals surface area contributed by atoms with Crippen molar-refractivity contribution in [3.8, 4) is 5.95 Å². The van der Waals surface area contributed by atoms with Gasteiger partial charge in [0.2, 0.25) is 0 Å². The maximum absolute atomic E-state index is 12.1. The van der Waals surface area contributed by atoms with Gasteiger partial charge in [0.15, 0.2) is 23.2 Å². The van der Waals surface area contributed by atoms with Gasteiger partial charge >= 0.3 is 0 Å². The van der Waals surface area contributed by atoms with E-state index >= 15 is 0 Å². The van der Waals surface area contributed by atoms with Crippen LogP contribution in [0.2, 0.25) is 0 Å². The van der Waals surface area contributed by atoms with Crippen LogP contribution < -0.4 is 10.6 Å². The number of hydrogen-bond acceptors (Lipinski definition) is 10. The fourth-order valence-corrected chi connectivity index (χ4v) is 3.10. The molecule has 13 nitrogen and oxygen atoms in total. The van der Waals surface area contributed by atoms with Gasteiger partial charge in [0.05, 0.1) is 24.7 Å². The number of nitrogens with one attached hydrogen (secondary N) is 2. The van der Waals surface area contributed by atoms with E-state index in [4.69, 9.17) is 8.85 Å². The third-order valence-corrected chi connectivity index (χ3v) is 4.60. The Bertz CT molecular complexity index is 1150. The number of nitrogens with zero attached hydrogens (tertiary/aromatic N) is 6. The van der Waals surface area contributed by atoms with Crippen molar-refractivity contribution in [2.75, 3.05) is 25.9 Å². The SMILES string of the molecule is [2H]C([2H])([2H])NC(=O)c1cnn(-c2nc(NC)c3ncn([C@@H]4O[C@H](CO)[C@@H](O)[C@H]4O)c3n2)c1. The molecule has 3 aromatic heterocycles. The van der Waals surface area contributed by atoms with Crippen molar-refractivity contribution >= 4 is 22.9 Å². The highest BCUT2D eigenvalue weighted by Gasteiger charge is 2.44. The molecule has 29 heavy (non-hydrogen) atoms. The van der Waals surface area contributed by atoms with Crippen LogP contribution >= 0.6 is 0 Å². The molecule has 1 aliphatic heterocycles. The van der Waals surface area contributed by atoms with E-state index < -0.39 is 44.0 Å². The summed E-state index contributed by atoms with van der Waals surface area (Å²) in [5.41, 5.74) is 0.535. The monoisotopic (exact) mass is 407 g/mol. The Labute approximate surface area is 168 Å². The van der Waals surface area contributed by atoms with Gasteiger partial charge in [0.1, 0.15) is 18.3 Å². The fraction of sp³-hybridized carbons (Fsp3) is 0.438. The van der Waals surface area contributed by atoms with E-state index in [1.165, 1.54) is 21.8 Å². The quantitative estimate of drug-likeness (QED) is 0.319. The van der Waals surface area contributed by atoms with Gasteiger partial charge in [-0.25, -0.2) is 9.67 Å². The van der Waals surface area contributed by atoms with Crippen LogP contribution in [0.5, 0.6) is 0 Å². The Morgan fingerprint density at radius 2 is 2.21 bits per heavy atom. The number of fused-ring (bicyclic) bond motifs is 1. The Kier molecular flexibility index (Phi) is 4.00. The number of rotatable bonds is 5. The highest BCUT2D eigenvalue weighted by atomic mass is 16.6. The molecule has 154 valence electrons. The van der Waals surface area contributed by atoms with Crippen molar-refractivity contribution < 1.29 is 29.0 Å². The Morgan fingerprint density at radius 3 is 2.90 bits per heavy atom. The average Bonchev–Trinajstić information content (AvgIpc) is 3.45. The van der Waals surface area contributed by atoms with Gasteiger partial charge in [-0.15, -0.1) is 0 Å². The first-order valence-corrected chi connectivity index (χ1v) is 8.55. The third kappa shape index (κ3) is 3.09. The molecule has 13 heteroatoms. The van der Waals surface area contributed by atoms with E-state index in [1.807, 2.05) is 5.32 Å². The average molecular weight is 407 g/mol. The van der Waals surface area contributed by atoms with E-state index in [-0.39, 0.29) is 17.2 Å². The molecule has 0 radical (unpaired) electrons. The van der Waals surface area contributed by atoms with Gasteiger partial charge < -0.3 is 30.7 Å². The minimum absolute atomic E-state index is 0.0169. The molecule has 4 heterocycles. The number of amides is 1. The van der Waals surface area contributed by atoms with Crippen LogP contribution in [0.4, 0.5) is 5.82 Å². The molecule has 0 bridgehead atoms. The van der Waals surface area contributed by atoms with Crippen molar-refractivity contribution in [2.45, 2.75) is 24.5 Å². The van der Waals surface area contributed by atoms with Gasteiger partial charge in [0, 0.05) is 24.3 Å². The van der Waals surface area contributed by atoms with Crippen LogP contribution in [0.3, 0.4) is 0 Å². The summed E-state index contributed by atoms with van der Waals surface area (Å²) in [6, 6.07) is 0. The molecule has 0 saturated carbocycles. The molecule has 3 aromatic rings. The van der Waals surface area contributed by atoms with Crippen LogP contribution in [0.15, 0.2) is 18.7 Å². The molecule has 0 aromatic carbocycles. The maximum Gasteiger partial charge on any atom is 0.254 e. The van der Waals surface area contributed by atoms with Crippen LogP contribution in [0.25, 0.3) is 17.1 Å². The first-order chi connectivity index (χ1) is 15.1. The molecular formula is C16H20N8O5. The predicted octanol–water partition coefficient (Wildman–Crippen LogP) is -1.98. The first-order valence-electron chi connectivity index (χ1n) is 10.0. The Morgan fingerprint density at radius 1 is 1.38 bits per heavy atom. The van der Waals surface area contributed by atoms with E-state index in [0.717, 1.165) is 6.20 Å². The lowest BCUT2D eigenvalue weighted by Gasteiger charge is -2.17. The van der Waals surface area contributed by atoms with Gasteiger partial charge in [0.25, 0.3) is 11.9 Å². The number of aliphatic hydroxyl groups excluding tert-OH is 3. The van der Waals surface area contributed by atoms with Crippen molar-refractivity contribution in [3.63, 3.8) is 0 Å². The van der Waals surface area contributed by atoms with Gasteiger partial charge in [-0.3, -0.25) is 9.36 Å². The normalized spacial score (nSPS) is 26.1. The van der Waals surface area contributed by atoms with Crippen LogP contribution in [-0.2, 0) is 4.74 Å². The molecule has 1 saturated heterocycles. The van der Waals surface area contributed by atoms with Gasteiger partial charge in [-0.2, -0.15) is 15.1 Å². The third-order valence-electron chi connectivity index (χ3n) is 4.60. The highest BCUT2D eigenvalue weighted by molar-refractivity contribution is 5.93. The van der Waals surface area contributed by atoms with Crippen molar-refractivity contribution in [1.29, 1.82) is 0 Å². The van der Waals surface area contributed by atoms with Crippen molar-refractivity contribution in [3.05, 3.63) is 24.3 Å². The summed E-state index contributed by atoms with van der Waals surface area (Å²) < 4.78 is 29.5. The summed E-state index contributed by atoms with van der Waals surface area (Å²) in [7, 11) is 1.61. The van der Waals surface area contributed by atoms with Gasteiger partial charge in [-0.05, 0) is 0 Å². The molecule has 4 rings (SSSR count). The minimum atomic E-state index is -2.65. The van der Waals surface area contributed by atoms with E-state index in [1.54, 1.807) is 7.05 Å². The highest BCUT2D eigenvalue weighted by Crippen LogP contribution is 2.32. The maximum atomic E-state index is 12.1. The van der Waals surface area contributed by atoms with Crippen molar-refractivity contribution in [1.82, 2.24) is 34.6 Å². The Balaban J connectivity index is 1.73. The molecule has 0 unspecified atom stereocenters. The van der Waals surface area contributed by atoms with E-state index in [2.05, 4.69) is 25.4 Å². The molecule has 0 spiro atoms. The number of carbonyl (C=O) groups excluding carboxylic acids is 1. The second-order valence-corrected chi connectivity index (χ2v) is 6.30. The number of anilines is 1. The topological polar surface area (TPSA) is 172 Å². The number of aliphatic hydroxyl groups is 3. The molecule has 4 atom stereocenters. The van der Waals surface area contributed by atoms with Crippen LogP contribution in [-0.4, -0.2) is 89.5 Å². The number of imidazole rings is 1. The molecule has 1 amide bonds. The van der Waals surface area contributed by atoms with Gasteiger partial charge in [-0.1, -0.05) is 0 Å². The lowest BCUT2D eigenvalue weighted by molar-refractivity contribution is -0.0511. The summed E-state index contributed by atoms with van der Waals surface area (Å²) in [6.07, 6.45) is -0.936. The van der Waals surface area contributed by atoms with E-state index in [9.17, 15) is 20.1 Å². The lowest BCUT2D eigenvalue weighted by Crippen LogP contribution is -2.33. The Hall–Kier alpha value is -3.13. The molecule has 5 N–H and O–H groups in total. The fourth-order valence-electron chi connectivity index (χ4n) is 3.10. The summed E-state index contributed by atoms with van der Waals surface area (Å²) in [5, 5.41) is 38.5. The van der Waals surface area contributed by atoms with Crippen molar-refractivity contribution in [2.24, 2.45) is 0 Å². The predicted molar refractivity (Wildman–Crippen MR) is 98.4 cm³/mol. The molecule has 0 aliphatic carbocycles. The van der Waals surface area contributed by atoms with E-state index in [0.29, 0.717) is 11.3 Å². The first kappa shape index (κ1) is 15.8. The minimum Gasteiger partial charge on any atom is -0.394 e. The smallest absolute Gasteiger partial charge is 0.254 e. The number of aromatic nitrogens is 6. The lowest BCUT2D eigenvalue weighted by atomic mass is 10.1. The second kappa shape index (κ2) is 7.36. The largest absolute Gasteiger partial charge is 0.394 e. The number of ether oxygens (including phenoxy) is 1. The standard InChI is InChI=1S/C16H20N8O5/c1-17-12-9-13(22-16(21-12)24-4-7(3-20-24)14(28)18-2)23(6-19-9)15-11(27)10(26)8(5-25)29-15/h3-4,6,8,10-11,15,25-27H,5H2,1-2H3,(H,18,28)(H,17,21,22)/t8-,10-,11-,15-/m1/s1/i2D3. The zero-order valence-corrected chi connectivity index (χ0v) is 15.1. The molecule has 1 aliphatic rings. The molecule has 1 fully saturated rings. The van der Waals surface area contributed by atoms with Crippen LogP contribution in [0.1, 0.15) is 20.7 Å². The summed E-state index contributed by atoms with van der Waals surface area (Å²) in [6.45, 7) is -3.14. The summed E-state index contributed by atoms with van der Waals surface area (Å²) in [5.74, 6) is -0.523. The zero-order chi connectivity index (χ0) is 23.2. The zero-order valence-electron chi connectivity index (χ0n) is 18.1. The second-order valence-electron chi connectivity index (χ2n) is 6.30. The summed E-state index contributed by atoms with van der Waals surface area (Å²) in [4.78, 5) is 25.0.